The van der Waals surface area contributed by atoms with Crippen molar-refractivity contribution in [3.63, 3.8) is 0 Å². The number of hydrogen-bond acceptors (Lipinski definition) is 4. The summed E-state index contributed by atoms with van der Waals surface area (Å²) in [6.07, 6.45) is 5.37. The summed E-state index contributed by atoms with van der Waals surface area (Å²) in [4.78, 5) is 12.3. The molecule has 5 nitrogen and oxygen atoms in total. The molecule has 0 aliphatic rings. The zero-order valence-corrected chi connectivity index (χ0v) is 18.1. The molecule has 0 saturated heterocycles. The van der Waals surface area contributed by atoms with Crippen LogP contribution >= 0.6 is 0 Å². The van der Waals surface area contributed by atoms with Crippen LogP contribution in [0.1, 0.15) is 39.2 Å². The van der Waals surface area contributed by atoms with Crippen molar-refractivity contribution in [1.29, 1.82) is 0 Å². The monoisotopic (exact) mass is 407 g/mol. The molecule has 3 aromatic rings. The number of amides is 1. The Balaban J connectivity index is 2.06. The molecule has 0 atom stereocenters. The number of fused-ring (bicyclic) bond motifs is 1. The predicted octanol–water partition coefficient (Wildman–Crippen LogP) is 5.83. The van der Waals surface area contributed by atoms with Crippen LogP contribution in [-0.2, 0) is 4.79 Å². The summed E-state index contributed by atoms with van der Waals surface area (Å²) in [6, 6.07) is 11.7. The fourth-order valence-electron chi connectivity index (χ4n) is 3.43. The van der Waals surface area contributed by atoms with E-state index in [-0.39, 0.29) is 5.91 Å². The number of hydrogen-bond donors (Lipinski definition) is 1. The smallest absolute Gasteiger partial charge is 0.244 e. The molecule has 1 N–H and O–H groups in total. The third kappa shape index (κ3) is 4.67. The Morgan fingerprint density at radius 3 is 2.67 bits per heavy atom. The lowest BCUT2D eigenvalue weighted by Crippen LogP contribution is -2.22. The van der Waals surface area contributed by atoms with Crippen molar-refractivity contribution in [2.24, 2.45) is 0 Å². The van der Waals surface area contributed by atoms with Gasteiger partial charge in [0, 0.05) is 40.8 Å². The molecule has 30 heavy (non-hydrogen) atoms. The van der Waals surface area contributed by atoms with Crippen molar-refractivity contribution >= 4 is 22.4 Å². The van der Waals surface area contributed by atoms with Gasteiger partial charge in [0.15, 0.2) is 0 Å². The molecule has 0 aliphatic carbocycles. The number of benzene rings is 2. The van der Waals surface area contributed by atoms with Gasteiger partial charge in [-0.3, -0.25) is 4.79 Å². The van der Waals surface area contributed by atoms with Gasteiger partial charge in [0.05, 0.1) is 20.0 Å². The minimum atomic E-state index is -0.0966. The van der Waals surface area contributed by atoms with E-state index in [9.17, 15) is 4.79 Å². The van der Waals surface area contributed by atoms with Gasteiger partial charge in [-0.05, 0) is 38.0 Å². The van der Waals surface area contributed by atoms with Crippen molar-refractivity contribution in [3.8, 4) is 22.6 Å². The van der Waals surface area contributed by atoms with Crippen LogP contribution in [0.25, 0.3) is 27.7 Å². The molecule has 3 rings (SSSR count). The van der Waals surface area contributed by atoms with Crippen molar-refractivity contribution < 1.29 is 18.7 Å². The summed E-state index contributed by atoms with van der Waals surface area (Å²) in [7, 11) is 1.66. The molecule has 0 spiro atoms. The summed E-state index contributed by atoms with van der Waals surface area (Å²) in [5.41, 5.74) is 4.32. The number of methoxy groups -OCH3 is 1. The first-order chi connectivity index (χ1) is 14.6. The van der Waals surface area contributed by atoms with Crippen LogP contribution in [0, 0.1) is 0 Å². The van der Waals surface area contributed by atoms with Gasteiger partial charge < -0.3 is 19.2 Å². The first kappa shape index (κ1) is 21.5. The maximum Gasteiger partial charge on any atom is 0.244 e. The van der Waals surface area contributed by atoms with E-state index >= 15 is 0 Å². The Bertz CT molecular complexity index is 1050. The second-order valence-electron chi connectivity index (χ2n) is 7.10. The fraction of sp³-hybridized carbons (Fsp3) is 0.320. The predicted molar refractivity (Wildman–Crippen MR) is 121 cm³/mol. The highest BCUT2D eigenvalue weighted by molar-refractivity contribution is 6.01. The molecule has 1 heterocycles. The number of nitrogens with one attached hydrogen (secondary N) is 1. The lowest BCUT2D eigenvalue weighted by Gasteiger charge is -2.12. The quantitative estimate of drug-likeness (QED) is 0.358. The number of para-hydroxylation sites is 1. The molecule has 2 aromatic carbocycles. The summed E-state index contributed by atoms with van der Waals surface area (Å²) < 4.78 is 17.2. The fourth-order valence-corrected chi connectivity index (χ4v) is 3.43. The van der Waals surface area contributed by atoms with Crippen molar-refractivity contribution in [1.82, 2.24) is 5.32 Å². The Hall–Kier alpha value is -3.21. The normalized spacial score (nSPS) is 11.5. The highest BCUT2D eigenvalue weighted by Gasteiger charge is 2.17. The topological polar surface area (TPSA) is 60.7 Å². The molecule has 0 unspecified atom stereocenters. The van der Waals surface area contributed by atoms with E-state index in [0.29, 0.717) is 18.9 Å². The zero-order chi connectivity index (χ0) is 21.5. The summed E-state index contributed by atoms with van der Waals surface area (Å²) >= 11 is 0. The van der Waals surface area contributed by atoms with Crippen LogP contribution in [0.5, 0.6) is 11.5 Å². The van der Waals surface area contributed by atoms with E-state index in [1.54, 1.807) is 19.4 Å². The number of carbonyl (C=O) groups excluding carboxylic acids is 1. The number of rotatable bonds is 9. The van der Waals surface area contributed by atoms with Gasteiger partial charge in [-0.2, -0.15) is 0 Å². The first-order valence-electron chi connectivity index (χ1n) is 10.4. The Labute approximate surface area is 177 Å². The van der Waals surface area contributed by atoms with Gasteiger partial charge in [-0.25, -0.2) is 0 Å². The van der Waals surface area contributed by atoms with E-state index in [1.807, 2.05) is 50.2 Å². The lowest BCUT2D eigenvalue weighted by molar-refractivity contribution is -0.116. The van der Waals surface area contributed by atoms with Gasteiger partial charge in [0.1, 0.15) is 17.1 Å². The average molecular weight is 408 g/mol. The van der Waals surface area contributed by atoms with Crippen molar-refractivity contribution in [2.45, 2.75) is 33.6 Å². The van der Waals surface area contributed by atoms with E-state index in [1.165, 1.54) is 0 Å². The Kier molecular flexibility index (Phi) is 7.17. The SMILES string of the molecule is CCCCNC(=O)/C=C(\C)c1cc2c(-c3ccccc3OC)coc2cc1OCC. The van der Waals surface area contributed by atoms with Gasteiger partial charge in [0.25, 0.3) is 0 Å². The van der Waals surface area contributed by atoms with E-state index < -0.39 is 0 Å². The highest BCUT2D eigenvalue weighted by atomic mass is 16.5. The number of allylic oxidation sites excluding steroid dienone is 1. The zero-order valence-electron chi connectivity index (χ0n) is 18.1. The average Bonchev–Trinajstić information content (AvgIpc) is 3.16. The molecular formula is C25H29NO4. The minimum Gasteiger partial charge on any atom is -0.496 e. The second kappa shape index (κ2) is 10.0. The summed E-state index contributed by atoms with van der Waals surface area (Å²) in [5, 5.41) is 3.87. The number of unbranched alkanes of at least 4 members (excludes halogenated alkanes) is 1. The molecule has 0 aliphatic heterocycles. The molecule has 0 radical (unpaired) electrons. The summed E-state index contributed by atoms with van der Waals surface area (Å²) in [6.45, 7) is 7.16. The third-order valence-corrected chi connectivity index (χ3v) is 4.97. The first-order valence-corrected chi connectivity index (χ1v) is 10.4. The van der Waals surface area contributed by atoms with E-state index in [2.05, 4.69) is 12.2 Å². The Morgan fingerprint density at radius 1 is 1.13 bits per heavy atom. The highest BCUT2D eigenvalue weighted by Crippen LogP contribution is 2.40. The van der Waals surface area contributed by atoms with Crippen molar-refractivity contribution in [2.75, 3.05) is 20.3 Å². The molecule has 1 amide bonds. The van der Waals surface area contributed by atoms with Crippen LogP contribution in [0.3, 0.4) is 0 Å². The largest absolute Gasteiger partial charge is 0.496 e. The van der Waals surface area contributed by atoms with Crippen LogP contribution in [-0.4, -0.2) is 26.2 Å². The number of ether oxygens (including phenoxy) is 2. The molecule has 1 aromatic heterocycles. The number of carbonyl (C=O) groups is 1. The van der Waals surface area contributed by atoms with Crippen LogP contribution in [0.4, 0.5) is 0 Å². The van der Waals surface area contributed by atoms with E-state index in [4.69, 9.17) is 13.9 Å². The summed E-state index contributed by atoms with van der Waals surface area (Å²) in [5.74, 6) is 1.37. The van der Waals surface area contributed by atoms with Crippen LogP contribution < -0.4 is 14.8 Å². The number of furan rings is 1. The Morgan fingerprint density at radius 2 is 1.93 bits per heavy atom. The standard InChI is InChI=1S/C25H29NO4/c1-5-7-12-26-25(27)13-17(3)19-14-20-21(18-10-8-9-11-22(18)28-4)16-30-24(20)15-23(19)29-6-2/h8-11,13-16H,5-7,12H2,1-4H3,(H,26,27)/b17-13+. The molecule has 5 heteroatoms. The molecule has 158 valence electrons. The second-order valence-corrected chi connectivity index (χ2v) is 7.10. The van der Waals surface area contributed by atoms with Gasteiger partial charge in [0.2, 0.25) is 5.91 Å². The molecular weight excluding hydrogens is 378 g/mol. The maximum atomic E-state index is 12.3. The third-order valence-electron chi connectivity index (χ3n) is 4.97. The van der Waals surface area contributed by atoms with Crippen LogP contribution in [0.2, 0.25) is 0 Å². The van der Waals surface area contributed by atoms with Gasteiger partial charge >= 0.3 is 0 Å². The van der Waals surface area contributed by atoms with Gasteiger partial charge in [-0.15, -0.1) is 0 Å². The molecule has 0 bridgehead atoms. The molecule has 0 fully saturated rings. The van der Waals surface area contributed by atoms with Crippen molar-refractivity contribution in [3.05, 3.63) is 54.3 Å². The maximum absolute atomic E-state index is 12.3. The lowest BCUT2D eigenvalue weighted by atomic mass is 9.98. The van der Waals surface area contributed by atoms with Crippen LogP contribution in [0.15, 0.2) is 53.2 Å². The van der Waals surface area contributed by atoms with Gasteiger partial charge in [-0.1, -0.05) is 31.5 Å². The van der Waals surface area contributed by atoms with E-state index in [0.717, 1.165) is 51.8 Å². The molecule has 0 saturated carbocycles. The minimum absolute atomic E-state index is 0.0966.